The van der Waals surface area contributed by atoms with E-state index in [2.05, 4.69) is 10.0 Å². The van der Waals surface area contributed by atoms with Gasteiger partial charge in [-0.3, -0.25) is 9.59 Å². The van der Waals surface area contributed by atoms with Gasteiger partial charge in [-0.25, -0.2) is 13.1 Å². The van der Waals surface area contributed by atoms with Crippen molar-refractivity contribution in [3.63, 3.8) is 0 Å². The van der Waals surface area contributed by atoms with Crippen LogP contribution in [0.3, 0.4) is 0 Å². The van der Waals surface area contributed by atoms with Crippen LogP contribution in [0.15, 0.2) is 0 Å². The van der Waals surface area contributed by atoms with Gasteiger partial charge in [0.15, 0.2) is 0 Å². The Hall–Kier alpha value is -1.15. The quantitative estimate of drug-likeness (QED) is 0.572. The maximum atomic E-state index is 11.5. The van der Waals surface area contributed by atoms with Crippen LogP contribution in [0, 0.1) is 0 Å². The van der Waals surface area contributed by atoms with E-state index in [4.69, 9.17) is 5.11 Å². The highest BCUT2D eigenvalue weighted by Gasteiger charge is 2.26. The third kappa shape index (κ3) is 5.14. The van der Waals surface area contributed by atoms with E-state index in [-0.39, 0.29) is 24.5 Å². The molecular weight excluding hydrogens is 248 g/mol. The van der Waals surface area contributed by atoms with E-state index in [0.717, 1.165) is 6.42 Å². The lowest BCUT2D eigenvalue weighted by molar-refractivity contribution is -0.137. The number of rotatable bonds is 6. The Morgan fingerprint density at radius 1 is 1.53 bits per heavy atom. The highest BCUT2D eigenvalue weighted by molar-refractivity contribution is 7.89. The van der Waals surface area contributed by atoms with Gasteiger partial charge in [-0.2, -0.15) is 0 Å². The summed E-state index contributed by atoms with van der Waals surface area (Å²) in [5, 5.41) is 11.0. The van der Waals surface area contributed by atoms with Gasteiger partial charge >= 0.3 is 5.97 Å². The number of aliphatic carboxylic acids is 1. The molecule has 0 radical (unpaired) electrons. The van der Waals surface area contributed by atoms with Crippen molar-refractivity contribution in [2.45, 2.75) is 31.7 Å². The molecule has 1 saturated heterocycles. The second-order valence-electron chi connectivity index (χ2n) is 3.92. The van der Waals surface area contributed by atoms with E-state index in [1.807, 2.05) is 0 Å². The molecule has 7 nitrogen and oxygen atoms in total. The van der Waals surface area contributed by atoms with Crippen LogP contribution in [0.4, 0.5) is 0 Å². The van der Waals surface area contributed by atoms with Crippen molar-refractivity contribution >= 4 is 21.9 Å². The Morgan fingerprint density at radius 2 is 2.24 bits per heavy atom. The molecule has 1 fully saturated rings. The van der Waals surface area contributed by atoms with Crippen molar-refractivity contribution in [2.75, 3.05) is 12.3 Å². The summed E-state index contributed by atoms with van der Waals surface area (Å²) in [6, 6.07) is -0.724. The molecule has 0 spiro atoms. The summed E-state index contributed by atoms with van der Waals surface area (Å²) in [5.74, 6) is -1.63. The molecule has 3 N–H and O–H groups in total. The van der Waals surface area contributed by atoms with Crippen LogP contribution in [-0.2, 0) is 19.6 Å². The van der Waals surface area contributed by atoms with Gasteiger partial charge < -0.3 is 10.4 Å². The zero-order chi connectivity index (χ0) is 12.9. The number of nitrogens with one attached hydrogen (secondary N) is 2. The highest BCUT2D eigenvalue weighted by Crippen LogP contribution is 2.05. The Bertz CT molecular complexity index is 392. The SMILES string of the molecule is O=C(O)CCCS(=O)(=O)NC1CCCNC1=O. The minimum absolute atomic E-state index is 0.0407. The number of hydrogen-bond donors (Lipinski definition) is 3. The Labute approximate surface area is 99.6 Å². The lowest BCUT2D eigenvalue weighted by Crippen LogP contribution is -2.50. The zero-order valence-electron chi connectivity index (χ0n) is 9.31. The van der Waals surface area contributed by atoms with Crippen LogP contribution in [0.2, 0.25) is 0 Å². The van der Waals surface area contributed by atoms with Gasteiger partial charge in [-0.05, 0) is 19.3 Å². The number of carboxylic acids is 1. The molecule has 0 saturated carbocycles. The minimum atomic E-state index is -3.58. The summed E-state index contributed by atoms with van der Waals surface area (Å²) in [6.45, 7) is 0.566. The molecule has 0 bridgehead atoms. The fourth-order valence-corrected chi connectivity index (χ4v) is 2.87. The average molecular weight is 264 g/mol. The van der Waals surface area contributed by atoms with Crippen molar-refractivity contribution < 1.29 is 23.1 Å². The first-order valence-electron chi connectivity index (χ1n) is 5.40. The van der Waals surface area contributed by atoms with Crippen molar-refractivity contribution in [2.24, 2.45) is 0 Å². The summed E-state index contributed by atoms with van der Waals surface area (Å²) in [4.78, 5) is 21.6. The van der Waals surface area contributed by atoms with Crippen LogP contribution in [0.1, 0.15) is 25.7 Å². The van der Waals surface area contributed by atoms with E-state index in [1.165, 1.54) is 0 Å². The van der Waals surface area contributed by atoms with Gasteiger partial charge in [-0.15, -0.1) is 0 Å². The van der Waals surface area contributed by atoms with Crippen LogP contribution < -0.4 is 10.0 Å². The molecule has 1 unspecified atom stereocenters. The van der Waals surface area contributed by atoms with Crippen molar-refractivity contribution in [1.29, 1.82) is 0 Å². The number of carbonyl (C=O) groups is 2. The highest BCUT2D eigenvalue weighted by atomic mass is 32.2. The summed E-state index contributed by atoms with van der Waals surface area (Å²) in [7, 11) is -3.58. The summed E-state index contributed by atoms with van der Waals surface area (Å²) in [6.07, 6.45) is 1.05. The first-order valence-corrected chi connectivity index (χ1v) is 7.05. The Kier molecular flexibility index (Phi) is 4.88. The predicted molar refractivity (Wildman–Crippen MR) is 59.8 cm³/mol. The molecule has 17 heavy (non-hydrogen) atoms. The van der Waals surface area contributed by atoms with Crippen molar-refractivity contribution in [1.82, 2.24) is 10.0 Å². The number of carbonyl (C=O) groups excluding carboxylic acids is 1. The lowest BCUT2D eigenvalue weighted by Gasteiger charge is -2.22. The molecule has 0 aromatic carbocycles. The minimum Gasteiger partial charge on any atom is -0.481 e. The Balaban J connectivity index is 2.42. The van der Waals surface area contributed by atoms with E-state index in [9.17, 15) is 18.0 Å². The lowest BCUT2D eigenvalue weighted by atomic mass is 10.1. The van der Waals surface area contributed by atoms with Crippen molar-refractivity contribution in [3.05, 3.63) is 0 Å². The summed E-state index contributed by atoms with van der Waals surface area (Å²) in [5.41, 5.74) is 0. The van der Waals surface area contributed by atoms with Gasteiger partial charge in [0.1, 0.15) is 6.04 Å². The maximum absolute atomic E-state index is 11.5. The molecule has 1 heterocycles. The van der Waals surface area contributed by atoms with Gasteiger partial charge in [0, 0.05) is 13.0 Å². The fourth-order valence-electron chi connectivity index (χ4n) is 1.57. The molecule has 0 aromatic heterocycles. The fraction of sp³-hybridized carbons (Fsp3) is 0.778. The second-order valence-corrected chi connectivity index (χ2v) is 5.79. The normalized spacial score (nSPS) is 20.9. The molecule has 1 aliphatic heterocycles. The number of amides is 1. The number of sulfonamides is 1. The summed E-state index contributed by atoms with van der Waals surface area (Å²) >= 11 is 0. The molecule has 1 rings (SSSR count). The monoisotopic (exact) mass is 264 g/mol. The van der Waals surface area contributed by atoms with Crippen LogP contribution in [-0.4, -0.2) is 43.7 Å². The molecular formula is C9H16N2O5S. The third-order valence-corrected chi connectivity index (χ3v) is 3.88. The smallest absolute Gasteiger partial charge is 0.303 e. The molecule has 0 aliphatic carbocycles. The maximum Gasteiger partial charge on any atom is 0.303 e. The first-order chi connectivity index (χ1) is 7.91. The van der Waals surface area contributed by atoms with Gasteiger partial charge in [-0.1, -0.05) is 0 Å². The molecule has 1 amide bonds. The topological polar surface area (TPSA) is 113 Å². The van der Waals surface area contributed by atoms with E-state index in [1.54, 1.807) is 0 Å². The molecule has 0 aromatic rings. The third-order valence-electron chi connectivity index (χ3n) is 2.41. The van der Waals surface area contributed by atoms with Gasteiger partial charge in [0.2, 0.25) is 15.9 Å². The van der Waals surface area contributed by atoms with Gasteiger partial charge in [0.25, 0.3) is 0 Å². The van der Waals surface area contributed by atoms with Gasteiger partial charge in [0.05, 0.1) is 5.75 Å². The second kappa shape index (κ2) is 5.97. The molecule has 8 heteroatoms. The Morgan fingerprint density at radius 3 is 2.82 bits per heavy atom. The molecule has 1 aliphatic rings. The summed E-state index contributed by atoms with van der Waals surface area (Å²) < 4.78 is 25.4. The standard InChI is InChI=1S/C9H16N2O5S/c12-8(13)4-2-6-17(15,16)11-7-3-1-5-10-9(7)14/h7,11H,1-6H2,(H,10,14)(H,12,13). The van der Waals surface area contributed by atoms with E-state index in [0.29, 0.717) is 13.0 Å². The molecule has 1 atom stereocenters. The molecule has 98 valence electrons. The number of carboxylic acid groups (broad SMARTS) is 1. The predicted octanol–water partition coefficient (Wildman–Crippen LogP) is -0.951. The first kappa shape index (κ1) is 13.9. The van der Waals surface area contributed by atoms with Crippen LogP contribution >= 0.6 is 0 Å². The van der Waals surface area contributed by atoms with E-state index < -0.39 is 22.0 Å². The van der Waals surface area contributed by atoms with Crippen LogP contribution in [0.25, 0.3) is 0 Å². The number of hydrogen-bond acceptors (Lipinski definition) is 4. The average Bonchev–Trinajstić information content (AvgIpc) is 2.20. The number of piperidine rings is 1. The van der Waals surface area contributed by atoms with E-state index >= 15 is 0 Å². The van der Waals surface area contributed by atoms with Crippen molar-refractivity contribution in [3.8, 4) is 0 Å². The largest absolute Gasteiger partial charge is 0.481 e. The van der Waals surface area contributed by atoms with Crippen LogP contribution in [0.5, 0.6) is 0 Å². The zero-order valence-corrected chi connectivity index (χ0v) is 10.1.